The molecule has 1 aliphatic rings. The van der Waals surface area contributed by atoms with Gasteiger partial charge in [-0.05, 0) is 50.6 Å². The summed E-state index contributed by atoms with van der Waals surface area (Å²) in [6.45, 7) is 6.19. The number of hydrogen-bond acceptors (Lipinski definition) is 3. The van der Waals surface area contributed by atoms with Crippen LogP contribution in [0.1, 0.15) is 40.4 Å². The van der Waals surface area contributed by atoms with Gasteiger partial charge in [-0.25, -0.2) is 0 Å². The third-order valence-corrected chi connectivity index (χ3v) is 5.44. The van der Waals surface area contributed by atoms with Crippen molar-refractivity contribution in [2.24, 2.45) is 4.99 Å². The van der Waals surface area contributed by atoms with Gasteiger partial charge in [-0.1, -0.05) is 48.0 Å². The van der Waals surface area contributed by atoms with Gasteiger partial charge in [0.25, 0.3) is 5.91 Å². The van der Waals surface area contributed by atoms with E-state index in [1.165, 1.54) is 18.4 Å². The zero-order chi connectivity index (χ0) is 21.2. The highest BCUT2D eigenvalue weighted by molar-refractivity contribution is 5.94. The first kappa shape index (κ1) is 21.8. The van der Waals surface area contributed by atoms with E-state index in [1.807, 2.05) is 31.2 Å². The largest absolute Gasteiger partial charge is 0.355 e. The highest BCUT2D eigenvalue weighted by atomic mass is 16.1. The third-order valence-electron chi connectivity index (χ3n) is 5.44. The van der Waals surface area contributed by atoms with Crippen LogP contribution in [0.2, 0.25) is 0 Å². The summed E-state index contributed by atoms with van der Waals surface area (Å²) in [5, 5.41) is 9.70. The van der Waals surface area contributed by atoms with Crippen molar-refractivity contribution >= 4 is 11.9 Å². The van der Waals surface area contributed by atoms with Gasteiger partial charge >= 0.3 is 0 Å². The van der Waals surface area contributed by atoms with Gasteiger partial charge in [0, 0.05) is 32.2 Å². The number of rotatable bonds is 8. The summed E-state index contributed by atoms with van der Waals surface area (Å²) >= 11 is 0. The van der Waals surface area contributed by atoms with Crippen molar-refractivity contribution in [2.75, 3.05) is 39.8 Å². The zero-order valence-electron chi connectivity index (χ0n) is 18.0. The fourth-order valence-corrected chi connectivity index (χ4v) is 3.85. The number of aryl methyl sites for hydroxylation is 1. The maximum absolute atomic E-state index is 12.2. The minimum Gasteiger partial charge on any atom is -0.355 e. The molecule has 0 spiro atoms. The lowest BCUT2D eigenvalue weighted by atomic mass is 10.1. The van der Waals surface area contributed by atoms with Gasteiger partial charge in [0.1, 0.15) is 0 Å². The molecule has 1 heterocycles. The second-order valence-electron chi connectivity index (χ2n) is 7.67. The molecule has 30 heavy (non-hydrogen) atoms. The molecule has 0 aromatic heterocycles. The first-order valence-corrected chi connectivity index (χ1v) is 10.8. The SMILES string of the molecule is CN=C(NCCNC(=O)c1cccc(C)c1)NCC(c1ccccc1)N1CCCC1. The lowest BCUT2D eigenvalue weighted by Crippen LogP contribution is -2.44. The van der Waals surface area contributed by atoms with Crippen molar-refractivity contribution in [1.82, 2.24) is 20.9 Å². The minimum absolute atomic E-state index is 0.0541. The van der Waals surface area contributed by atoms with Gasteiger partial charge in [0.2, 0.25) is 0 Å². The molecule has 1 fully saturated rings. The summed E-state index contributed by atoms with van der Waals surface area (Å²) < 4.78 is 0. The summed E-state index contributed by atoms with van der Waals surface area (Å²) in [6.07, 6.45) is 2.52. The molecular formula is C24H33N5O. The second-order valence-corrected chi connectivity index (χ2v) is 7.67. The molecule has 0 radical (unpaired) electrons. The Labute approximate surface area is 179 Å². The summed E-state index contributed by atoms with van der Waals surface area (Å²) in [6, 6.07) is 18.6. The fraction of sp³-hybridized carbons (Fsp3) is 0.417. The first-order valence-electron chi connectivity index (χ1n) is 10.8. The molecule has 2 aromatic carbocycles. The predicted octanol–water partition coefficient (Wildman–Crippen LogP) is 2.73. The molecule has 0 saturated carbocycles. The normalized spacial score (nSPS) is 15.6. The molecule has 3 rings (SSSR count). The molecule has 3 N–H and O–H groups in total. The monoisotopic (exact) mass is 407 g/mol. The van der Waals surface area contributed by atoms with Crippen LogP contribution in [0, 0.1) is 6.92 Å². The summed E-state index contributed by atoms with van der Waals surface area (Å²) in [5.41, 5.74) is 3.10. The van der Waals surface area contributed by atoms with Crippen molar-refractivity contribution < 1.29 is 4.79 Å². The first-order chi connectivity index (χ1) is 14.7. The lowest BCUT2D eigenvalue weighted by Gasteiger charge is -2.29. The number of likely N-dealkylation sites (tertiary alicyclic amines) is 1. The number of nitrogens with zero attached hydrogens (tertiary/aromatic N) is 2. The number of hydrogen-bond donors (Lipinski definition) is 3. The van der Waals surface area contributed by atoms with Gasteiger partial charge in [0.05, 0.1) is 6.04 Å². The fourth-order valence-electron chi connectivity index (χ4n) is 3.85. The topological polar surface area (TPSA) is 68.8 Å². The zero-order valence-corrected chi connectivity index (χ0v) is 18.0. The van der Waals surface area contributed by atoms with Gasteiger partial charge in [-0.3, -0.25) is 14.7 Å². The van der Waals surface area contributed by atoms with E-state index in [1.54, 1.807) is 7.05 Å². The average molecular weight is 408 g/mol. The number of amides is 1. The Morgan fingerprint density at radius 1 is 1.00 bits per heavy atom. The Bertz CT molecular complexity index is 830. The standard InChI is InChI=1S/C24H33N5O/c1-19-9-8-12-21(17-19)23(30)26-13-14-27-24(25-2)28-18-22(29-15-6-7-16-29)20-10-4-3-5-11-20/h3-5,8-12,17,22H,6-7,13-16,18H2,1-2H3,(H,26,30)(H2,25,27,28). The highest BCUT2D eigenvalue weighted by Gasteiger charge is 2.23. The van der Waals surface area contributed by atoms with E-state index in [2.05, 4.69) is 56.2 Å². The molecule has 0 aliphatic carbocycles. The van der Waals surface area contributed by atoms with E-state index in [9.17, 15) is 4.79 Å². The van der Waals surface area contributed by atoms with Crippen LogP contribution >= 0.6 is 0 Å². The Morgan fingerprint density at radius 2 is 1.73 bits per heavy atom. The van der Waals surface area contributed by atoms with E-state index in [-0.39, 0.29) is 5.91 Å². The number of nitrogens with one attached hydrogen (secondary N) is 3. The highest BCUT2D eigenvalue weighted by Crippen LogP contribution is 2.24. The summed E-state index contributed by atoms with van der Waals surface area (Å²) in [5.74, 6) is 0.696. The number of carbonyl (C=O) groups excluding carboxylic acids is 1. The predicted molar refractivity (Wildman–Crippen MR) is 123 cm³/mol. The Kier molecular flexibility index (Phi) is 8.27. The Morgan fingerprint density at radius 3 is 2.43 bits per heavy atom. The molecule has 1 amide bonds. The second kappa shape index (κ2) is 11.4. The number of carbonyl (C=O) groups is 1. The van der Waals surface area contributed by atoms with E-state index in [0.717, 1.165) is 31.2 Å². The van der Waals surface area contributed by atoms with Gasteiger partial charge in [-0.15, -0.1) is 0 Å². The van der Waals surface area contributed by atoms with E-state index in [0.29, 0.717) is 24.7 Å². The van der Waals surface area contributed by atoms with Gasteiger partial charge in [-0.2, -0.15) is 0 Å². The molecule has 6 nitrogen and oxygen atoms in total. The molecule has 1 atom stereocenters. The Hall–Kier alpha value is -2.86. The molecular weight excluding hydrogens is 374 g/mol. The third kappa shape index (κ3) is 6.32. The maximum Gasteiger partial charge on any atom is 0.251 e. The van der Waals surface area contributed by atoms with E-state index >= 15 is 0 Å². The quantitative estimate of drug-likeness (QED) is 0.358. The van der Waals surface area contributed by atoms with E-state index in [4.69, 9.17) is 0 Å². The van der Waals surface area contributed by atoms with Crippen molar-refractivity contribution in [3.8, 4) is 0 Å². The molecule has 6 heteroatoms. The van der Waals surface area contributed by atoms with Crippen molar-refractivity contribution in [3.63, 3.8) is 0 Å². The van der Waals surface area contributed by atoms with Crippen LogP contribution in [0.5, 0.6) is 0 Å². The number of guanidine groups is 1. The molecule has 2 aromatic rings. The van der Waals surface area contributed by atoms with Crippen molar-refractivity contribution in [1.29, 1.82) is 0 Å². The minimum atomic E-state index is -0.0541. The number of aliphatic imine (C=N–C) groups is 1. The molecule has 1 aliphatic heterocycles. The van der Waals surface area contributed by atoms with Gasteiger partial charge < -0.3 is 16.0 Å². The average Bonchev–Trinajstić information content (AvgIpc) is 3.30. The van der Waals surface area contributed by atoms with Crippen LogP contribution < -0.4 is 16.0 Å². The molecule has 160 valence electrons. The lowest BCUT2D eigenvalue weighted by molar-refractivity contribution is 0.0954. The summed E-state index contributed by atoms with van der Waals surface area (Å²) in [7, 11) is 1.77. The Balaban J connectivity index is 1.46. The van der Waals surface area contributed by atoms with E-state index < -0.39 is 0 Å². The summed E-state index contributed by atoms with van der Waals surface area (Å²) in [4.78, 5) is 19.1. The molecule has 1 saturated heterocycles. The van der Waals surface area contributed by atoms with Crippen LogP contribution in [-0.4, -0.2) is 56.5 Å². The van der Waals surface area contributed by atoms with Crippen LogP contribution in [-0.2, 0) is 0 Å². The molecule has 1 unspecified atom stereocenters. The van der Waals surface area contributed by atoms with Crippen LogP contribution in [0.3, 0.4) is 0 Å². The smallest absolute Gasteiger partial charge is 0.251 e. The van der Waals surface area contributed by atoms with Crippen LogP contribution in [0.25, 0.3) is 0 Å². The molecule has 0 bridgehead atoms. The van der Waals surface area contributed by atoms with Crippen LogP contribution in [0.4, 0.5) is 0 Å². The maximum atomic E-state index is 12.2. The van der Waals surface area contributed by atoms with Crippen molar-refractivity contribution in [2.45, 2.75) is 25.8 Å². The van der Waals surface area contributed by atoms with Crippen LogP contribution in [0.15, 0.2) is 59.6 Å². The number of benzene rings is 2. The van der Waals surface area contributed by atoms with Gasteiger partial charge in [0.15, 0.2) is 5.96 Å². The van der Waals surface area contributed by atoms with Crippen molar-refractivity contribution in [3.05, 3.63) is 71.3 Å².